The van der Waals surface area contributed by atoms with Crippen LogP contribution >= 0.6 is 11.6 Å². The van der Waals surface area contributed by atoms with E-state index in [1.165, 1.54) is 12.8 Å². The van der Waals surface area contributed by atoms with Crippen molar-refractivity contribution < 1.29 is 4.79 Å². The highest BCUT2D eigenvalue weighted by Crippen LogP contribution is 2.12. The van der Waals surface area contributed by atoms with E-state index in [-0.39, 0.29) is 5.24 Å². The Bertz CT molecular complexity index is 101. The highest BCUT2D eigenvalue weighted by molar-refractivity contribution is 6.63. The largest absolute Gasteiger partial charge is 0.281 e. The minimum Gasteiger partial charge on any atom is -0.281 e. The molecule has 1 nitrogen and oxygen atoms in total. The van der Waals surface area contributed by atoms with Crippen LogP contribution in [0.4, 0.5) is 0 Å². The smallest absolute Gasteiger partial charge is 0.221 e. The molecule has 0 aliphatic rings. The molecule has 0 heterocycles. The van der Waals surface area contributed by atoms with Crippen LogP contribution in [-0.4, -0.2) is 5.24 Å². The Balaban J connectivity index is 3.21. The Morgan fingerprint density at radius 2 is 2.10 bits per heavy atom. The first-order valence-electron chi connectivity index (χ1n) is 3.85. The van der Waals surface area contributed by atoms with E-state index in [9.17, 15) is 4.79 Å². The molecule has 0 aliphatic carbocycles. The molecule has 0 aromatic carbocycles. The molecule has 0 saturated carbocycles. The molecule has 1 unspecified atom stereocenters. The third kappa shape index (κ3) is 6.09. The standard InChI is InChI=1S/C8H15ClO/c1-3-4-7(2)5-6-8(9)10/h7H,3-6H2,1-2H3. The molecule has 0 aromatic heterocycles. The van der Waals surface area contributed by atoms with Gasteiger partial charge in [-0.1, -0.05) is 26.7 Å². The van der Waals surface area contributed by atoms with Gasteiger partial charge in [0.25, 0.3) is 0 Å². The van der Waals surface area contributed by atoms with E-state index in [0.717, 1.165) is 6.42 Å². The normalized spacial score (nSPS) is 13.1. The predicted molar refractivity (Wildman–Crippen MR) is 44.2 cm³/mol. The summed E-state index contributed by atoms with van der Waals surface area (Å²) < 4.78 is 0. The summed E-state index contributed by atoms with van der Waals surface area (Å²) in [6.07, 6.45) is 3.86. The van der Waals surface area contributed by atoms with Gasteiger partial charge in [-0.25, -0.2) is 0 Å². The van der Waals surface area contributed by atoms with Gasteiger partial charge in [-0.15, -0.1) is 0 Å². The summed E-state index contributed by atoms with van der Waals surface area (Å²) in [5.74, 6) is 0.646. The maximum Gasteiger partial charge on any atom is 0.221 e. The summed E-state index contributed by atoms with van der Waals surface area (Å²) >= 11 is 5.18. The van der Waals surface area contributed by atoms with Crippen molar-refractivity contribution in [1.82, 2.24) is 0 Å². The summed E-state index contributed by atoms with van der Waals surface area (Å²) in [6.45, 7) is 4.31. The van der Waals surface area contributed by atoms with Gasteiger partial charge in [0, 0.05) is 6.42 Å². The fourth-order valence-electron chi connectivity index (χ4n) is 0.997. The lowest BCUT2D eigenvalue weighted by molar-refractivity contribution is -0.111. The lowest BCUT2D eigenvalue weighted by atomic mass is 10.0. The van der Waals surface area contributed by atoms with Crippen LogP contribution in [0, 0.1) is 5.92 Å². The van der Waals surface area contributed by atoms with Gasteiger partial charge in [-0.3, -0.25) is 4.79 Å². The summed E-state index contributed by atoms with van der Waals surface area (Å²) in [7, 11) is 0. The number of carbonyl (C=O) groups excluding carboxylic acids is 1. The number of hydrogen-bond acceptors (Lipinski definition) is 1. The van der Waals surface area contributed by atoms with Crippen LogP contribution in [0.3, 0.4) is 0 Å². The third-order valence-corrected chi connectivity index (χ3v) is 1.80. The van der Waals surface area contributed by atoms with Gasteiger partial charge in [-0.2, -0.15) is 0 Å². The van der Waals surface area contributed by atoms with Crippen molar-refractivity contribution in [3.63, 3.8) is 0 Å². The fraction of sp³-hybridized carbons (Fsp3) is 0.875. The van der Waals surface area contributed by atoms with E-state index in [1.54, 1.807) is 0 Å². The summed E-state index contributed by atoms with van der Waals surface area (Å²) in [6, 6.07) is 0. The van der Waals surface area contributed by atoms with Crippen molar-refractivity contribution in [2.45, 2.75) is 39.5 Å². The molecular weight excluding hydrogens is 148 g/mol. The van der Waals surface area contributed by atoms with Gasteiger partial charge in [0.2, 0.25) is 5.24 Å². The lowest BCUT2D eigenvalue weighted by Crippen LogP contribution is -1.96. The number of halogens is 1. The van der Waals surface area contributed by atoms with Crippen LogP contribution in [0.5, 0.6) is 0 Å². The van der Waals surface area contributed by atoms with Crippen LogP contribution in [0.25, 0.3) is 0 Å². The van der Waals surface area contributed by atoms with Gasteiger partial charge in [0.15, 0.2) is 0 Å². The molecule has 0 saturated heterocycles. The Morgan fingerprint density at radius 1 is 1.50 bits per heavy atom. The maximum absolute atomic E-state index is 10.3. The van der Waals surface area contributed by atoms with E-state index in [1.807, 2.05) is 0 Å². The Kier molecular flexibility index (Phi) is 5.70. The quantitative estimate of drug-likeness (QED) is 0.568. The average molecular weight is 163 g/mol. The first kappa shape index (κ1) is 9.96. The van der Waals surface area contributed by atoms with Gasteiger partial charge in [0.05, 0.1) is 0 Å². The van der Waals surface area contributed by atoms with Crippen molar-refractivity contribution in [3.05, 3.63) is 0 Å². The number of rotatable bonds is 5. The molecule has 0 amide bonds. The van der Waals surface area contributed by atoms with Crippen LogP contribution in [0.1, 0.15) is 39.5 Å². The van der Waals surface area contributed by atoms with Gasteiger partial charge >= 0.3 is 0 Å². The molecule has 1 atom stereocenters. The molecule has 0 bridgehead atoms. The minimum absolute atomic E-state index is 0.206. The molecule has 0 fully saturated rings. The van der Waals surface area contributed by atoms with Crippen molar-refractivity contribution >= 4 is 16.8 Å². The molecule has 0 aromatic rings. The monoisotopic (exact) mass is 162 g/mol. The van der Waals surface area contributed by atoms with E-state index < -0.39 is 0 Å². The first-order valence-corrected chi connectivity index (χ1v) is 4.23. The van der Waals surface area contributed by atoms with Gasteiger partial charge in [0.1, 0.15) is 0 Å². The Morgan fingerprint density at radius 3 is 2.50 bits per heavy atom. The predicted octanol–water partition coefficient (Wildman–Crippen LogP) is 2.97. The fourth-order valence-corrected chi connectivity index (χ4v) is 1.11. The average Bonchev–Trinajstić information content (AvgIpc) is 1.85. The topological polar surface area (TPSA) is 17.1 Å². The summed E-state index contributed by atoms with van der Waals surface area (Å²) in [5, 5.41) is -0.206. The molecule has 10 heavy (non-hydrogen) atoms. The summed E-state index contributed by atoms with van der Waals surface area (Å²) in [5.41, 5.74) is 0. The van der Waals surface area contributed by atoms with Crippen molar-refractivity contribution in [2.75, 3.05) is 0 Å². The first-order chi connectivity index (χ1) is 4.66. The SMILES string of the molecule is CCCC(C)CCC(=O)Cl. The molecule has 0 rings (SSSR count). The minimum atomic E-state index is -0.206. The Labute approximate surface area is 67.8 Å². The van der Waals surface area contributed by atoms with Crippen molar-refractivity contribution in [2.24, 2.45) is 5.92 Å². The summed E-state index contributed by atoms with van der Waals surface area (Å²) in [4.78, 5) is 10.3. The van der Waals surface area contributed by atoms with E-state index in [2.05, 4.69) is 13.8 Å². The molecular formula is C8H15ClO. The zero-order valence-corrected chi connectivity index (χ0v) is 7.45. The zero-order valence-electron chi connectivity index (χ0n) is 6.69. The van der Waals surface area contributed by atoms with Crippen LogP contribution in [-0.2, 0) is 4.79 Å². The molecule has 0 N–H and O–H groups in total. The van der Waals surface area contributed by atoms with Gasteiger partial charge in [-0.05, 0) is 23.9 Å². The van der Waals surface area contributed by atoms with E-state index in [0.29, 0.717) is 12.3 Å². The third-order valence-electron chi connectivity index (χ3n) is 1.62. The van der Waals surface area contributed by atoms with E-state index in [4.69, 9.17) is 11.6 Å². The second kappa shape index (κ2) is 5.72. The molecule has 0 spiro atoms. The van der Waals surface area contributed by atoms with Crippen LogP contribution < -0.4 is 0 Å². The molecule has 60 valence electrons. The molecule has 0 radical (unpaired) electrons. The highest BCUT2D eigenvalue weighted by Gasteiger charge is 2.02. The Hall–Kier alpha value is -0.0400. The second-order valence-corrected chi connectivity index (χ2v) is 3.21. The molecule has 2 heteroatoms. The zero-order chi connectivity index (χ0) is 7.98. The maximum atomic E-state index is 10.3. The van der Waals surface area contributed by atoms with Crippen molar-refractivity contribution in [1.29, 1.82) is 0 Å². The number of carbonyl (C=O) groups is 1. The molecule has 0 aliphatic heterocycles. The highest BCUT2D eigenvalue weighted by atomic mass is 35.5. The van der Waals surface area contributed by atoms with Crippen LogP contribution in [0.15, 0.2) is 0 Å². The van der Waals surface area contributed by atoms with E-state index >= 15 is 0 Å². The second-order valence-electron chi connectivity index (χ2n) is 2.79. The van der Waals surface area contributed by atoms with Gasteiger partial charge < -0.3 is 0 Å². The van der Waals surface area contributed by atoms with Crippen molar-refractivity contribution in [3.8, 4) is 0 Å². The lowest BCUT2D eigenvalue weighted by Gasteiger charge is -2.06. The van der Waals surface area contributed by atoms with Crippen LogP contribution in [0.2, 0.25) is 0 Å². The number of hydrogen-bond donors (Lipinski definition) is 0.